The van der Waals surface area contributed by atoms with Crippen molar-refractivity contribution in [2.24, 2.45) is 5.73 Å². The van der Waals surface area contributed by atoms with Gasteiger partial charge in [0.1, 0.15) is 5.82 Å². The van der Waals surface area contributed by atoms with Crippen molar-refractivity contribution in [2.45, 2.75) is 54.2 Å². The lowest BCUT2D eigenvalue weighted by atomic mass is 10.3. The summed E-state index contributed by atoms with van der Waals surface area (Å²) in [4.78, 5) is 5.37. The molecule has 0 aromatic carbocycles. The summed E-state index contributed by atoms with van der Waals surface area (Å²) in [6.07, 6.45) is 6.86. The van der Waals surface area contributed by atoms with Gasteiger partial charge in [-0.3, -0.25) is 4.98 Å². The molecule has 0 unspecified atom stereocenters. The quantitative estimate of drug-likeness (QED) is 0.915. The van der Waals surface area contributed by atoms with Gasteiger partial charge in [-0.15, -0.1) is 10.2 Å². The molecule has 0 atom stereocenters. The standard InChI is InChI=1S/C14H17N5S/c15-8-10-7-12(5-6-16-10)20-14-18-17-13(9-1-2-9)19(14)11-3-4-11/h5-7,9,11H,1-4,8,15H2. The van der Waals surface area contributed by atoms with Crippen LogP contribution < -0.4 is 5.73 Å². The summed E-state index contributed by atoms with van der Waals surface area (Å²) in [5.41, 5.74) is 6.56. The molecule has 0 bridgehead atoms. The fourth-order valence-corrected chi connectivity index (χ4v) is 3.35. The van der Waals surface area contributed by atoms with Crippen LogP contribution in [0.5, 0.6) is 0 Å². The van der Waals surface area contributed by atoms with Gasteiger partial charge in [0.2, 0.25) is 0 Å². The molecule has 0 radical (unpaired) electrons. The molecule has 4 rings (SSSR count). The number of nitrogens with two attached hydrogens (primary N) is 1. The summed E-state index contributed by atoms with van der Waals surface area (Å²) < 4.78 is 2.37. The molecule has 2 heterocycles. The highest BCUT2D eigenvalue weighted by atomic mass is 32.2. The van der Waals surface area contributed by atoms with E-state index in [1.54, 1.807) is 11.8 Å². The first-order valence-corrected chi connectivity index (χ1v) is 7.94. The van der Waals surface area contributed by atoms with Crippen molar-refractivity contribution < 1.29 is 0 Å². The van der Waals surface area contributed by atoms with Crippen LogP contribution in [0.3, 0.4) is 0 Å². The first-order chi connectivity index (χ1) is 9.85. The van der Waals surface area contributed by atoms with Gasteiger partial charge in [0.05, 0.1) is 5.69 Å². The molecule has 2 aromatic rings. The Morgan fingerprint density at radius 1 is 1.25 bits per heavy atom. The monoisotopic (exact) mass is 287 g/mol. The molecular weight excluding hydrogens is 270 g/mol. The highest BCUT2D eigenvalue weighted by molar-refractivity contribution is 7.99. The first kappa shape index (κ1) is 12.3. The smallest absolute Gasteiger partial charge is 0.196 e. The number of hydrogen-bond acceptors (Lipinski definition) is 5. The van der Waals surface area contributed by atoms with E-state index in [0.717, 1.165) is 15.7 Å². The summed E-state index contributed by atoms with van der Waals surface area (Å²) in [5.74, 6) is 1.84. The van der Waals surface area contributed by atoms with Crippen molar-refractivity contribution in [3.63, 3.8) is 0 Å². The topological polar surface area (TPSA) is 69.6 Å². The molecule has 0 saturated heterocycles. The Kier molecular flexibility index (Phi) is 3.00. The van der Waals surface area contributed by atoms with E-state index in [1.807, 2.05) is 18.3 Å². The molecule has 2 saturated carbocycles. The molecule has 6 heteroatoms. The minimum atomic E-state index is 0.469. The molecule has 2 fully saturated rings. The molecule has 2 aromatic heterocycles. The summed E-state index contributed by atoms with van der Waals surface area (Å²) in [5, 5.41) is 9.86. The van der Waals surface area contributed by atoms with Crippen LogP contribution in [0.25, 0.3) is 0 Å². The van der Waals surface area contributed by atoms with E-state index in [0.29, 0.717) is 18.5 Å². The van der Waals surface area contributed by atoms with E-state index in [9.17, 15) is 0 Å². The zero-order valence-electron chi connectivity index (χ0n) is 11.2. The SMILES string of the molecule is NCc1cc(Sc2nnc(C3CC3)n2C2CC2)ccn1. The Hall–Kier alpha value is -1.40. The van der Waals surface area contributed by atoms with Gasteiger partial charge in [-0.05, 0) is 49.6 Å². The Morgan fingerprint density at radius 3 is 2.80 bits per heavy atom. The van der Waals surface area contributed by atoms with E-state index in [4.69, 9.17) is 5.73 Å². The Labute approximate surface area is 122 Å². The second-order valence-corrected chi connectivity index (χ2v) is 6.55. The third kappa shape index (κ3) is 2.33. The van der Waals surface area contributed by atoms with Crippen molar-refractivity contribution >= 4 is 11.8 Å². The Balaban J connectivity index is 1.64. The highest BCUT2D eigenvalue weighted by Gasteiger charge is 2.36. The van der Waals surface area contributed by atoms with Crippen LogP contribution in [0.15, 0.2) is 28.4 Å². The lowest BCUT2D eigenvalue weighted by Crippen LogP contribution is -2.02. The van der Waals surface area contributed by atoms with Gasteiger partial charge in [-0.1, -0.05) is 0 Å². The maximum atomic E-state index is 5.65. The molecule has 2 aliphatic carbocycles. The molecule has 2 N–H and O–H groups in total. The van der Waals surface area contributed by atoms with E-state index >= 15 is 0 Å². The largest absolute Gasteiger partial charge is 0.325 e. The molecule has 2 aliphatic rings. The number of pyridine rings is 1. The molecular formula is C14H17N5S. The number of aromatic nitrogens is 4. The van der Waals surface area contributed by atoms with Crippen molar-refractivity contribution in [2.75, 3.05) is 0 Å². The third-order valence-corrected chi connectivity index (χ3v) is 4.70. The van der Waals surface area contributed by atoms with Crippen molar-refractivity contribution in [1.82, 2.24) is 19.7 Å². The van der Waals surface area contributed by atoms with Crippen LogP contribution in [0.1, 0.15) is 49.2 Å². The fraction of sp³-hybridized carbons (Fsp3) is 0.500. The van der Waals surface area contributed by atoms with Crippen molar-refractivity contribution in [1.29, 1.82) is 0 Å². The van der Waals surface area contributed by atoms with E-state index in [-0.39, 0.29) is 0 Å². The van der Waals surface area contributed by atoms with Gasteiger partial charge < -0.3 is 10.3 Å². The van der Waals surface area contributed by atoms with Crippen LogP contribution >= 0.6 is 11.8 Å². The first-order valence-electron chi connectivity index (χ1n) is 7.13. The summed E-state index contributed by atoms with van der Waals surface area (Å²) in [7, 11) is 0. The molecule has 0 spiro atoms. The van der Waals surface area contributed by atoms with E-state index in [1.165, 1.54) is 31.5 Å². The fourth-order valence-electron chi connectivity index (χ4n) is 2.39. The second kappa shape index (κ2) is 4.86. The maximum Gasteiger partial charge on any atom is 0.196 e. The molecule has 20 heavy (non-hydrogen) atoms. The predicted octanol–water partition coefficient (Wildman–Crippen LogP) is 2.50. The van der Waals surface area contributed by atoms with E-state index in [2.05, 4.69) is 19.7 Å². The average molecular weight is 287 g/mol. The van der Waals surface area contributed by atoms with Gasteiger partial charge in [0.25, 0.3) is 0 Å². The van der Waals surface area contributed by atoms with Crippen molar-refractivity contribution in [3.8, 4) is 0 Å². The number of rotatable bonds is 5. The lowest BCUT2D eigenvalue weighted by molar-refractivity contribution is 0.627. The molecule has 104 valence electrons. The lowest BCUT2D eigenvalue weighted by Gasteiger charge is -2.08. The zero-order valence-corrected chi connectivity index (χ0v) is 12.0. The van der Waals surface area contributed by atoms with Crippen molar-refractivity contribution in [3.05, 3.63) is 29.8 Å². The van der Waals surface area contributed by atoms with Gasteiger partial charge >= 0.3 is 0 Å². The minimum Gasteiger partial charge on any atom is -0.325 e. The highest BCUT2D eigenvalue weighted by Crippen LogP contribution is 2.46. The van der Waals surface area contributed by atoms with Crippen LogP contribution in [-0.2, 0) is 6.54 Å². The summed E-state index contributed by atoms with van der Waals surface area (Å²) >= 11 is 1.67. The Bertz CT molecular complexity index is 630. The van der Waals surface area contributed by atoms with Gasteiger partial charge in [0.15, 0.2) is 5.16 Å². The normalized spacial score (nSPS) is 18.4. The molecule has 5 nitrogen and oxygen atoms in total. The van der Waals surface area contributed by atoms with Gasteiger partial charge in [-0.2, -0.15) is 0 Å². The van der Waals surface area contributed by atoms with Gasteiger partial charge in [0, 0.05) is 29.6 Å². The van der Waals surface area contributed by atoms with E-state index < -0.39 is 0 Å². The second-order valence-electron chi connectivity index (χ2n) is 5.51. The molecule has 0 amide bonds. The Morgan fingerprint density at radius 2 is 2.10 bits per heavy atom. The average Bonchev–Trinajstić information content (AvgIpc) is 3.38. The zero-order chi connectivity index (χ0) is 13.5. The number of nitrogens with zero attached hydrogens (tertiary/aromatic N) is 4. The van der Waals surface area contributed by atoms with Gasteiger partial charge in [-0.25, -0.2) is 0 Å². The third-order valence-electron chi connectivity index (χ3n) is 3.75. The predicted molar refractivity (Wildman–Crippen MR) is 76.5 cm³/mol. The van der Waals surface area contributed by atoms with Crippen LogP contribution in [0.2, 0.25) is 0 Å². The summed E-state index contributed by atoms with van der Waals surface area (Å²) in [6.45, 7) is 0.469. The van der Waals surface area contributed by atoms with Crippen LogP contribution in [0.4, 0.5) is 0 Å². The van der Waals surface area contributed by atoms with Crippen LogP contribution in [-0.4, -0.2) is 19.7 Å². The number of hydrogen-bond donors (Lipinski definition) is 1. The molecule has 0 aliphatic heterocycles. The summed E-state index contributed by atoms with van der Waals surface area (Å²) in [6, 6.07) is 4.67. The maximum absolute atomic E-state index is 5.65. The van der Waals surface area contributed by atoms with Crippen LogP contribution in [0, 0.1) is 0 Å². The minimum absolute atomic E-state index is 0.469.